The fraction of sp³-hybridized carbons (Fsp3) is 0.263. The zero-order valence-electron chi connectivity index (χ0n) is 16.5. The topological polar surface area (TPSA) is 117 Å². The van der Waals surface area contributed by atoms with Crippen LogP contribution in [0.3, 0.4) is 0 Å². The Morgan fingerprint density at radius 2 is 1.80 bits per heavy atom. The molecule has 3 aromatic rings. The van der Waals surface area contributed by atoms with Crippen LogP contribution in [0.4, 0.5) is 0 Å². The maximum atomic E-state index is 12.4. The van der Waals surface area contributed by atoms with Gasteiger partial charge in [0.15, 0.2) is 16.5 Å². The highest BCUT2D eigenvalue weighted by Crippen LogP contribution is 2.38. The number of fused-ring (bicyclic) bond motifs is 1. The molecular weight excluding hydrogens is 414 g/mol. The number of ether oxygens (including phenoxy) is 4. The highest BCUT2D eigenvalue weighted by atomic mass is 32.1. The average molecular weight is 433 g/mol. The lowest BCUT2D eigenvalue weighted by atomic mass is 10.1. The first-order chi connectivity index (χ1) is 14.5. The van der Waals surface area contributed by atoms with Crippen molar-refractivity contribution < 1.29 is 28.5 Å². The summed E-state index contributed by atoms with van der Waals surface area (Å²) in [6.07, 6.45) is 1.61. The van der Waals surface area contributed by atoms with Crippen molar-refractivity contribution >= 4 is 28.2 Å². The Kier molecular flexibility index (Phi) is 6.52. The van der Waals surface area contributed by atoms with Gasteiger partial charge in [-0.2, -0.15) is 0 Å². The predicted molar refractivity (Wildman–Crippen MR) is 108 cm³/mol. The van der Waals surface area contributed by atoms with Gasteiger partial charge in [-0.05, 0) is 12.1 Å². The quantitative estimate of drug-likeness (QED) is 0.528. The first-order valence-corrected chi connectivity index (χ1v) is 9.54. The van der Waals surface area contributed by atoms with E-state index in [9.17, 15) is 14.4 Å². The van der Waals surface area contributed by atoms with Crippen molar-refractivity contribution in [3.8, 4) is 17.2 Å². The zero-order chi connectivity index (χ0) is 21.7. The van der Waals surface area contributed by atoms with Gasteiger partial charge in [0.05, 0.1) is 27.0 Å². The Morgan fingerprint density at radius 1 is 1.10 bits per heavy atom. The van der Waals surface area contributed by atoms with Crippen LogP contribution in [0, 0.1) is 0 Å². The Morgan fingerprint density at radius 3 is 2.43 bits per heavy atom. The molecule has 3 rings (SSSR count). The standard InChI is InChI=1S/C19H19N3O7S/c1-26-13-6-11(7-14(27-2)17(13)28-3)18(25)20-9-16(24)29-10-12-8-15(23)22-4-5-30-19(22)21-12/h4-8H,9-10H2,1-3H3,(H,20,25). The van der Waals surface area contributed by atoms with Gasteiger partial charge in [0.25, 0.3) is 11.5 Å². The van der Waals surface area contributed by atoms with E-state index >= 15 is 0 Å². The van der Waals surface area contributed by atoms with E-state index < -0.39 is 11.9 Å². The molecule has 2 aromatic heterocycles. The molecule has 0 saturated carbocycles. The van der Waals surface area contributed by atoms with Crippen molar-refractivity contribution in [3.05, 3.63) is 51.4 Å². The number of hydrogen-bond acceptors (Lipinski definition) is 9. The van der Waals surface area contributed by atoms with E-state index in [1.165, 1.54) is 55.3 Å². The van der Waals surface area contributed by atoms with Gasteiger partial charge in [0.1, 0.15) is 13.2 Å². The molecule has 0 aliphatic rings. The Labute approximate surface area is 175 Å². The molecule has 0 saturated heterocycles. The first kappa shape index (κ1) is 21.1. The second-order valence-electron chi connectivity index (χ2n) is 5.90. The third kappa shape index (κ3) is 4.51. The molecule has 0 spiro atoms. The number of aromatic nitrogens is 2. The average Bonchev–Trinajstić information content (AvgIpc) is 3.24. The molecule has 0 radical (unpaired) electrons. The summed E-state index contributed by atoms with van der Waals surface area (Å²) >= 11 is 1.30. The molecule has 10 nitrogen and oxygen atoms in total. The molecular formula is C19H19N3O7S. The van der Waals surface area contributed by atoms with Crippen LogP contribution < -0.4 is 25.1 Å². The third-order valence-corrected chi connectivity index (χ3v) is 4.81. The molecule has 30 heavy (non-hydrogen) atoms. The van der Waals surface area contributed by atoms with E-state index in [2.05, 4.69) is 10.3 Å². The van der Waals surface area contributed by atoms with E-state index in [0.717, 1.165) is 0 Å². The van der Waals surface area contributed by atoms with Gasteiger partial charge in [0.2, 0.25) is 5.75 Å². The summed E-state index contributed by atoms with van der Waals surface area (Å²) in [5, 5.41) is 4.20. The van der Waals surface area contributed by atoms with Gasteiger partial charge in [-0.15, -0.1) is 11.3 Å². The van der Waals surface area contributed by atoms with Crippen molar-refractivity contribution in [2.45, 2.75) is 6.61 Å². The minimum atomic E-state index is -0.677. The molecule has 0 unspecified atom stereocenters. The molecule has 0 aliphatic heterocycles. The number of rotatable bonds is 8. The minimum Gasteiger partial charge on any atom is -0.493 e. The summed E-state index contributed by atoms with van der Waals surface area (Å²) in [6.45, 7) is -0.543. The molecule has 2 heterocycles. The van der Waals surface area contributed by atoms with Crippen LogP contribution in [0.2, 0.25) is 0 Å². The number of benzene rings is 1. The first-order valence-electron chi connectivity index (χ1n) is 8.66. The molecule has 0 aliphatic carbocycles. The maximum absolute atomic E-state index is 12.4. The number of nitrogens with zero attached hydrogens (tertiary/aromatic N) is 2. The molecule has 1 N–H and O–H groups in total. The fourth-order valence-electron chi connectivity index (χ4n) is 2.63. The minimum absolute atomic E-state index is 0.178. The number of thiazole rings is 1. The summed E-state index contributed by atoms with van der Waals surface area (Å²) in [6, 6.07) is 4.23. The summed E-state index contributed by atoms with van der Waals surface area (Å²) in [7, 11) is 4.32. The van der Waals surface area contributed by atoms with Gasteiger partial charge in [-0.25, -0.2) is 4.98 Å². The lowest BCUT2D eigenvalue weighted by molar-refractivity contribution is -0.143. The van der Waals surface area contributed by atoms with Crippen molar-refractivity contribution in [1.29, 1.82) is 0 Å². The third-order valence-electron chi connectivity index (χ3n) is 4.06. The summed E-state index contributed by atoms with van der Waals surface area (Å²) in [5.74, 6) is -0.231. The molecule has 1 amide bonds. The molecule has 11 heteroatoms. The van der Waals surface area contributed by atoms with Crippen LogP contribution >= 0.6 is 11.3 Å². The summed E-state index contributed by atoms with van der Waals surface area (Å²) < 4.78 is 22.1. The Balaban J connectivity index is 1.60. The zero-order valence-corrected chi connectivity index (χ0v) is 17.3. The normalized spacial score (nSPS) is 10.5. The van der Waals surface area contributed by atoms with Gasteiger partial charge < -0.3 is 24.3 Å². The predicted octanol–water partition coefficient (Wildman–Crippen LogP) is 1.25. The van der Waals surface area contributed by atoms with Gasteiger partial charge in [-0.3, -0.25) is 18.8 Å². The van der Waals surface area contributed by atoms with E-state index in [4.69, 9.17) is 18.9 Å². The van der Waals surface area contributed by atoms with E-state index in [-0.39, 0.29) is 24.3 Å². The SMILES string of the molecule is COc1cc(C(=O)NCC(=O)OCc2cc(=O)n3ccsc3n2)cc(OC)c1OC. The van der Waals surface area contributed by atoms with Crippen LogP contribution in [0.5, 0.6) is 17.2 Å². The fourth-order valence-corrected chi connectivity index (χ4v) is 3.37. The number of amides is 1. The lowest BCUT2D eigenvalue weighted by Gasteiger charge is -2.14. The van der Waals surface area contributed by atoms with E-state index in [1.54, 1.807) is 11.6 Å². The maximum Gasteiger partial charge on any atom is 0.325 e. The number of esters is 1. The Hall–Kier alpha value is -3.60. The van der Waals surface area contributed by atoms with Crippen molar-refractivity contribution in [2.24, 2.45) is 0 Å². The van der Waals surface area contributed by atoms with Crippen molar-refractivity contribution in [2.75, 3.05) is 27.9 Å². The lowest BCUT2D eigenvalue weighted by Crippen LogP contribution is -2.30. The number of carbonyl (C=O) groups is 2. The monoisotopic (exact) mass is 433 g/mol. The number of hydrogen-bond donors (Lipinski definition) is 1. The number of carbonyl (C=O) groups excluding carboxylic acids is 2. The second kappa shape index (κ2) is 9.27. The van der Waals surface area contributed by atoms with Gasteiger partial charge in [-0.1, -0.05) is 0 Å². The number of nitrogens with one attached hydrogen (secondary N) is 1. The van der Waals surface area contributed by atoms with Crippen LogP contribution in [0.15, 0.2) is 34.6 Å². The molecule has 1 aromatic carbocycles. The largest absolute Gasteiger partial charge is 0.493 e. The van der Waals surface area contributed by atoms with E-state index in [0.29, 0.717) is 27.9 Å². The van der Waals surface area contributed by atoms with Crippen LogP contribution in [0.25, 0.3) is 4.96 Å². The highest BCUT2D eigenvalue weighted by Gasteiger charge is 2.18. The smallest absolute Gasteiger partial charge is 0.325 e. The number of methoxy groups -OCH3 is 3. The van der Waals surface area contributed by atoms with Crippen molar-refractivity contribution in [3.63, 3.8) is 0 Å². The molecule has 0 bridgehead atoms. The highest BCUT2D eigenvalue weighted by molar-refractivity contribution is 7.15. The molecule has 158 valence electrons. The molecule has 0 atom stereocenters. The van der Waals surface area contributed by atoms with Gasteiger partial charge >= 0.3 is 5.97 Å². The molecule has 0 fully saturated rings. The van der Waals surface area contributed by atoms with E-state index in [1.807, 2.05) is 0 Å². The van der Waals surface area contributed by atoms with Gasteiger partial charge in [0, 0.05) is 23.2 Å². The Bertz CT molecular complexity index is 1110. The van der Waals surface area contributed by atoms with Crippen LogP contribution in [-0.4, -0.2) is 49.1 Å². The summed E-state index contributed by atoms with van der Waals surface area (Å²) in [4.78, 5) is 41.1. The van der Waals surface area contributed by atoms with Crippen LogP contribution in [-0.2, 0) is 16.1 Å². The summed E-state index contributed by atoms with van der Waals surface area (Å²) in [5.41, 5.74) is 0.282. The second-order valence-corrected chi connectivity index (χ2v) is 6.77. The van der Waals surface area contributed by atoms with Crippen LogP contribution in [0.1, 0.15) is 16.1 Å². The van der Waals surface area contributed by atoms with Crippen molar-refractivity contribution in [1.82, 2.24) is 14.7 Å².